The van der Waals surface area contributed by atoms with Crippen LogP contribution in [0.3, 0.4) is 0 Å². The van der Waals surface area contributed by atoms with Gasteiger partial charge in [-0.2, -0.15) is 13.2 Å². The molecular weight excluding hydrogens is 322 g/mol. The Morgan fingerprint density at radius 2 is 1.96 bits per heavy atom. The van der Waals surface area contributed by atoms with Crippen LogP contribution in [0.4, 0.5) is 28.9 Å². The maximum atomic E-state index is 13.4. The van der Waals surface area contributed by atoms with Crippen LogP contribution in [0.5, 0.6) is 0 Å². The molecule has 10 heteroatoms. The van der Waals surface area contributed by atoms with Gasteiger partial charge in [0.25, 0.3) is 11.6 Å². The minimum atomic E-state index is -4.98. The van der Waals surface area contributed by atoms with Crippen molar-refractivity contribution in [3.8, 4) is 0 Å². The number of carbonyl (C=O) groups is 1. The normalized spacial score (nSPS) is 11.1. The highest BCUT2D eigenvalue weighted by Gasteiger charge is 2.38. The lowest BCUT2D eigenvalue weighted by Gasteiger charge is -2.10. The number of pyridine rings is 1. The lowest BCUT2D eigenvalue weighted by atomic mass is 10.1. The molecular formula is C13H7F4N3O3. The molecule has 23 heavy (non-hydrogen) atoms. The van der Waals surface area contributed by atoms with Gasteiger partial charge < -0.3 is 5.32 Å². The highest BCUT2D eigenvalue weighted by atomic mass is 19.4. The zero-order chi connectivity index (χ0) is 17.2. The van der Waals surface area contributed by atoms with E-state index in [4.69, 9.17) is 0 Å². The Bertz CT molecular complexity index is 777. The molecule has 1 heterocycles. The number of aromatic nitrogens is 1. The van der Waals surface area contributed by atoms with Gasteiger partial charge in [-0.3, -0.25) is 19.9 Å². The minimum absolute atomic E-state index is 0.357. The van der Waals surface area contributed by atoms with Gasteiger partial charge in [-0.1, -0.05) is 0 Å². The van der Waals surface area contributed by atoms with E-state index in [1.807, 2.05) is 5.32 Å². The van der Waals surface area contributed by atoms with Gasteiger partial charge in [0.1, 0.15) is 5.56 Å². The van der Waals surface area contributed by atoms with Crippen molar-refractivity contribution in [1.82, 2.24) is 4.98 Å². The average molecular weight is 329 g/mol. The van der Waals surface area contributed by atoms with E-state index in [0.29, 0.717) is 12.1 Å². The van der Waals surface area contributed by atoms with Gasteiger partial charge in [-0.15, -0.1) is 0 Å². The fourth-order valence-corrected chi connectivity index (χ4v) is 1.76. The number of nitro groups is 1. The molecule has 0 saturated carbocycles. The molecule has 0 aliphatic heterocycles. The molecule has 0 unspecified atom stereocenters. The van der Waals surface area contributed by atoms with Gasteiger partial charge in [-0.25, -0.2) is 4.39 Å². The number of amides is 1. The van der Waals surface area contributed by atoms with Crippen molar-refractivity contribution in [3.63, 3.8) is 0 Å². The van der Waals surface area contributed by atoms with Gasteiger partial charge in [0.05, 0.1) is 16.7 Å². The fraction of sp³-hybridized carbons (Fsp3) is 0.0769. The Labute approximate surface area is 125 Å². The third-order valence-electron chi connectivity index (χ3n) is 2.77. The van der Waals surface area contributed by atoms with Crippen molar-refractivity contribution >= 4 is 17.3 Å². The van der Waals surface area contributed by atoms with Gasteiger partial charge in [0, 0.05) is 18.0 Å². The number of benzene rings is 1. The van der Waals surface area contributed by atoms with Crippen LogP contribution in [0.15, 0.2) is 36.7 Å². The van der Waals surface area contributed by atoms with Crippen LogP contribution >= 0.6 is 0 Å². The van der Waals surface area contributed by atoms with E-state index >= 15 is 0 Å². The molecule has 1 N–H and O–H groups in total. The van der Waals surface area contributed by atoms with Crippen LogP contribution in [-0.4, -0.2) is 15.8 Å². The average Bonchev–Trinajstić information content (AvgIpc) is 2.46. The molecule has 2 rings (SSSR count). The Hall–Kier alpha value is -3.04. The molecule has 1 aromatic carbocycles. The maximum Gasteiger partial charge on any atom is 0.423 e. The first-order valence-corrected chi connectivity index (χ1v) is 5.96. The second kappa shape index (κ2) is 5.99. The second-order valence-electron chi connectivity index (χ2n) is 4.30. The molecule has 0 aliphatic rings. The van der Waals surface area contributed by atoms with Crippen LogP contribution in [0.2, 0.25) is 0 Å². The Morgan fingerprint density at radius 3 is 2.52 bits per heavy atom. The van der Waals surface area contributed by atoms with Crippen LogP contribution < -0.4 is 5.32 Å². The highest BCUT2D eigenvalue weighted by molar-refractivity contribution is 6.04. The number of hydrogen-bond donors (Lipinski definition) is 1. The molecule has 0 radical (unpaired) electrons. The predicted octanol–water partition coefficient (Wildman–Crippen LogP) is 3.40. The topological polar surface area (TPSA) is 85.1 Å². The lowest BCUT2D eigenvalue weighted by Crippen LogP contribution is -2.15. The predicted molar refractivity (Wildman–Crippen MR) is 70.2 cm³/mol. The molecule has 1 amide bonds. The van der Waals surface area contributed by atoms with Crippen molar-refractivity contribution < 1.29 is 27.3 Å². The number of nitrogens with zero attached hydrogens (tertiary/aromatic N) is 2. The summed E-state index contributed by atoms with van der Waals surface area (Å²) in [5.41, 5.74) is -3.45. The molecule has 120 valence electrons. The fourth-order valence-electron chi connectivity index (χ4n) is 1.76. The summed E-state index contributed by atoms with van der Waals surface area (Å²) in [6, 6.07) is 2.99. The van der Waals surface area contributed by atoms with Crippen LogP contribution in [0.25, 0.3) is 0 Å². The Balaban J connectivity index is 2.36. The molecule has 0 atom stereocenters. The first-order chi connectivity index (χ1) is 10.7. The first-order valence-electron chi connectivity index (χ1n) is 5.96. The van der Waals surface area contributed by atoms with Gasteiger partial charge in [0.2, 0.25) is 0 Å². The number of carbonyl (C=O) groups excluding carboxylic acids is 1. The van der Waals surface area contributed by atoms with Crippen molar-refractivity contribution in [2.24, 2.45) is 0 Å². The summed E-state index contributed by atoms with van der Waals surface area (Å²) in [6.45, 7) is 0. The van der Waals surface area contributed by atoms with Crippen molar-refractivity contribution in [1.29, 1.82) is 0 Å². The number of anilines is 1. The number of alkyl halides is 3. The largest absolute Gasteiger partial charge is 0.423 e. The highest BCUT2D eigenvalue weighted by Crippen LogP contribution is 2.37. The summed E-state index contributed by atoms with van der Waals surface area (Å²) in [7, 11) is 0. The van der Waals surface area contributed by atoms with Crippen molar-refractivity contribution in [2.45, 2.75) is 6.18 Å². The Kier molecular flexibility index (Phi) is 4.25. The van der Waals surface area contributed by atoms with Gasteiger partial charge in [-0.05, 0) is 18.2 Å². The summed E-state index contributed by atoms with van der Waals surface area (Å²) in [4.78, 5) is 24.7. The van der Waals surface area contributed by atoms with E-state index in [1.54, 1.807) is 0 Å². The van der Waals surface area contributed by atoms with E-state index in [0.717, 1.165) is 24.5 Å². The number of nitrogens with one attached hydrogen (secondary N) is 1. The zero-order valence-electron chi connectivity index (χ0n) is 11.1. The van der Waals surface area contributed by atoms with E-state index in [9.17, 15) is 32.5 Å². The summed E-state index contributed by atoms with van der Waals surface area (Å²) in [5, 5.41) is 12.7. The molecule has 0 bridgehead atoms. The number of hydrogen-bond acceptors (Lipinski definition) is 4. The van der Waals surface area contributed by atoms with E-state index < -0.39 is 39.6 Å². The zero-order valence-corrected chi connectivity index (χ0v) is 11.1. The molecule has 0 spiro atoms. The molecule has 1 aromatic heterocycles. The van der Waals surface area contributed by atoms with Crippen molar-refractivity contribution in [2.75, 3.05) is 5.32 Å². The number of halogens is 4. The molecule has 6 nitrogen and oxygen atoms in total. The monoisotopic (exact) mass is 329 g/mol. The third kappa shape index (κ3) is 3.59. The summed E-state index contributed by atoms with van der Waals surface area (Å²) >= 11 is 0. The van der Waals surface area contributed by atoms with Crippen LogP contribution in [0, 0.1) is 15.9 Å². The van der Waals surface area contributed by atoms with E-state index in [2.05, 4.69) is 4.98 Å². The smallest absolute Gasteiger partial charge is 0.322 e. The lowest BCUT2D eigenvalue weighted by molar-refractivity contribution is -0.388. The van der Waals surface area contributed by atoms with Crippen LogP contribution in [-0.2, 0) is 6.18 Å². The summed E-state index contributed by atoms with van der Waals surface area (Å²) in [5.74, 6) is -1.96. The van der Waals surface area contributed by atoms with Crippen LogP contribution in [0.1, 0.15) is 15.9 Å². The molecule has 0 saturated heterocycles. The summed E-state index contributed by atoms with van der Waals surface area (Å²) < 4.78 is 51.9. The summed E-state index contributed by atoms with van der Waals surface area (Å²) in [6.07, 6.45) is -3.08. The molecule has 0 aliphatic carbocycles. The third-order valence-corrected chi connectivity index (χ3v) is 2.77. The first kappa shape index (κ1) is 16.3. The van der Waals surface area contributed by atoms with Gasteiger partial charge >= 0.3 is 6.18 Å². The van der Waals surface area contributed by atoms with Crippen molar-refractivity contribution in [3.05, 3.63) is 63.7 Å². The van der Waals surface area contributed by atoms with E-state index in [-0.39, 0.29) is 5.69 Å². The maximum absolute atomic E-state index is 13.4. The molecule has 0 fully saturated rings. The quantitative estimate of drug-likeness (QED) is 0.531. The standard InChI is InChI=1S/C13H7F4N3O3/c14-10-6-18-4-3-8(10)12(21)19-7-1-2-11(20(22)23)9(5-7)13(15,16)17/h1-6H,(H,19,21). The SMILES string of the molecule is O=C(Nc1ccc([N+](=O)[O-])c(C(F)(F)F)c1)c1ccncc1F. The number of nitro benzene ring substituents is 1. The van der Waals surface area contributed by atoms with Gasteiger partial charge in [0.15, 0.2) is 5.82 Å². The minimum Gasteiger partial charge on any atom is -0.322 e. The molecule has 2 aromatic rings. The van der Waals surface area contributed by atoms with E-state index in [1.165, 1.54) is 0 Å². The second-order valence-corrected chi connectivity index (χ2v) is 4.30. The number of rotatable bonds is 3. The Morgan fingerprint density at radius 1 is 1.26 bits per heavy atom.